The van der Waals surface area contributed by atoms with E-state index in [-0.39, 0.29) is 17.1 Å². The monoisotopic (exact) mass is 249 g/mol. The Bertz CT molecular complexity index is 199. The van der Waals surface area contributed by atoms with Crippen LogP contribution in [0.4, 0.5) is 0 Å². The molecule has 1 radical (unpaired) electrons. The van der Waals surface area contributed by atoms with Crippen LogP contribution in [0.2, 0.25) is 0 Å². The van der Waals surface area contributed by atoms with Crippen molar-refractivity contribution >= 4 is 16.4 Å². The molecule has 2 N–H and O–H groups in total. The van der Waals surface area contributed by atoms with Gasteiger partial charge in [0.2, 0.25) is 0 Å². The van der Waals surface area contributed by atoms with E-state index >= 15 is 0 Å². The first-order valence-electron chi connectivity index (χ1n) is 2.22. The van der Waals surface area contributed by atoms with Crippen molar-refractivity contribution in [2.75, 3.05) is 0 Å². The molecular weight excluding hydrogens is 244 g/mol. The summed E-state index contributed by atoms with van der Waals surface area (Å²) in [5.74, 6) is -1.19. The molecule has 0 aromatic rings. The molecule has 0 saturated carbocycles. The minimum Gasteiger partial charge on any atom is -0.759 e. The summed E-state index contributed by atoms with van der Waals surface area (Å²) in [5, 5.41) is 15.8. The second-order valence-electron chi connectivity index (χ2n) is 1.42. The predicted octanol–water partition coefficient (Wildman–Crippen LogP) is -1.89. The third kappa shape index (κ3) is 52.4. The van der Waals surface area contributed by atoms with Crippen LogP contribution in [-0.4, -0.2) is 39.8 Å². The summed E-state index contributed by atoms with van der Waals surface area (Å²) < 4.78 is 34.1. The van der Waals surface area contributed by atoms with E-state index in [9.17, 15) is 4.79 Å². The molecule has 0 aromatic heterocycles. The van der Waals surface area contributed by atoms with Crippen molar-refractivity contribution in [3.05, 3.63) is 0 Å². The molecule has 0 bridgehead atoms. The van der Waals surface area contributed by atoms with E-state index in [1.165, 1.54) is 6.92 Å². The fourth-order valence-corrected chi connectivity index (χ4v) is 0. The Kier molecular flexibility index (Phi) is 11.1. The molecule has 12 heavy (non-hydrogen) atoms. The van der Waals surface area contributed by atoms with Gasteiger partial charge in [-0.2, -0.15) is 0 Å². The molecule has 1 atom stereocenters. The van der Waals surface area contributed by atoms with Crippen molar-refractivity contribution in [1.29, 1.82) is 0 Å². The Morgan fingerprint density at radius 2 is 1.50 bits per heavy atom. The molecule has 1 unspecified atom stereocenters. The van der Waals surface area contributed by atoms with Gasteiger partial charge in [-0.3, -0.25) is 8.42 Å². The van der Waals surface area contributed by atoms with Crippen molar-refractivity contribution in [2.45, 2.75) is 13.0 Å². The van der Waals surface area contributed by atoms with Crippen molar-refractivity contribution in [2.24, 2.45) is 0 Å². The number of carbonyl (C=O) groups is 1. The summed E-state index contributed by atoms with van der Waals surface area (Å²) in [6, 6.07) is 0. The van der Waals surface area contributed by atoms with Crippen molar-refractivity contribution < 1.29 is 49.6 Å². The summed E-state index contributed by atoms with van der Waals surface area (Å²) in [5.41, 5.74) is 0. The van der Waals surface area contributed by atoms with Gasteiger partial charge in [-0.15, -0.1) is 0 Å². The van der Waals surface area contributed by atoms with Crippen molar-refractivity contribution in [3.63, 3.8) is 0 Å². The molecular formula is C3H6CuO7S. The number of carboxylic acids is 1. The number of hydrogen-bond acceptors (Lipinski definition) is 6. The van der Waals surface area contributed by atoms with Gasteiger partial charge in [0.25, 0.3) is 0 Å². The van der Waals surface area contributed by atoms with Gasteiger partial charge in [0.15, 0.2) is 0 Å². The van der Waals surface area contributed by atoms with Gasteiger partial charge in [-0.05, 0) is 6.92 Å². The number of rotatable bonds is 1. The molecule has 0 aliphatic rings. The van der Waals surface area contributed by atoms with Crippen LogP contribution in [0.5, 0.6) is 0 Å². The van der Waals surface area contributed by atoms with Gasteiger partial charge in [-0.1, -0.05) is 0 Å². The first kappa shape index (κ1) is 17.8. The van der Waals surface area contributed by atoms with Crippen LogP contribution in [-0.2, 0) is 32.3 Å². The normalized spacial score (nSPS) is 11.7. The van der Waals surface area contributed by atoms with Crippen LogP contribution in [0.1, 0.15) is 6.92 Å². The molecule has 0 spiro atoms. The third-order valence-corrected chi connectivity index (χ3v) is 0.357. The predicted molar refractivity (Wildman–Crippen MR) is 29.8 cm³/mol. The van der Waals surface area contributed by atoms with Crippen LogP contribution >= 0.6 is 0 Å². The first-order valence-corrected chi connectivity index (χ1v) is 3.55. The largest absolute Gasteiger partial charge is 2.00 e. The molecule has 0 heterocycles. The van der Waals surface area contributed by atoms with Gasteiger partial charge >= 0.3 is 23.0 Å². The Balaban J connectivity index is -0.000000126. The summed E-state index contributed by atoms with van der Waals surface area (Å²) in [4.78, 5) is 9.45. The maximum atomic E-state index is 9.45. The van der Waals surface area contributed by atoms with Crippen LogP contribution < -0.4 is 0 Å². The van der Waals surface area contributed by atoms with Gasteiger partial charge < -0.3 is 19.3 Å². The fraction of sp³-hybridized carbons (Fsp3) is 0.667. The van der Waals surface area contributed by atoms with Gasteiger partial charge in [0.1, 0.15) is 6.10 Å². The molecule has 77 valence electrons. The van der Waals surface area contributed by atoms with Crippen LogP contribution in [0.3, 0.4) is 0 Å². The standard InChI is InChI=1S/C3H6O3.Cu.H2O4S/c1-2(4)3(5)6;;1-5(2,3)4/h2,4H,1H3,(H,5,6);;(H2,1,2,3,4)/q;+2;/p-2. The van der Waals surface area contributed by atoms with E-state index in [0.717, 1.165) is 0 Å². The fourth-order valence-electron chi connectivity index (χ4n) is 0. The van der Waals surface area contributed by atoms with Crippen LogP contribution in [0, 0.1) is 0 Å². The maximum Gasteiger partial charge on any atom is 2.00 e. The zero-order valence-electron chi connectivity index (χ0n) is 5.72. The van der Waals surface area contributed by atoms with E-state index in [4.69, 9.17) is 27.7 Å². The zero-order chi connectivity index (χ0) is 9.65. The average Bonchev–Trinajstić information content (AvgIpc) is 1.59. The zero-order valence-corrected chi connectivity index (χ0v) is 7.48. The Hall–Kier alpha value is -0.181. The number of aliphatic hydroxyl groups is 1. The van der Waals surface area contributed by atoms with E-state index in [0.29, 0.717) is 0 Å². The SMILES string of the molecule is CC(O)C(=O)O.O=S(=O)([O-])[O-].[Cu+2]. The minimum absolute atomic E-state index is 0. The first-order chi connectivity index (χ1) is 4.64. The van der Waals surface area contributed by atoms with E-state index in [1.54, 1.807) is 0 Å². The van der Waals surface area contributed by atoms with Crippen LogP contribution in [0.25, 0.3) is 0 Å². The number of aliphatic carboxylic acids is 1. The molecule has 7 nitrogen and oxygen atoms in total. The smallest absolute Gasteiger partial charge is 0.759 e. The summed E-state index contributed by atoms with van der Waals surface area (Å²) >= 11 is 0. The number of aliphatic hydroxyl groups excluding tert-OH is 1. The quantitative estimate of drug-likeness (QED) is 0.315. The average molecular weight is 250 g/mol. The van der Waals surface area contributed by atoms with E-state index < -0.39 is 22.5 Å². The summed E-state index contributed by atoms with van der Waals surface area (Å²) in [7, 11) is -5.17. The van der Waals surface area contributed by atoms with E-state index in [1.807, 2.05) is 0 Å². The third-order valence-electron chi connectivity index (χ3n) is 0.357. The molecule has 0 saturated heterocycles. The van der Waals surface area contributed by atoms with Gasteiger partial charge in [0, 0.05) is 10.4 Å². The molecule has 0 aromatic carbocycles. The molecule has 0 aliphatic heterocycles. The number of hydrogen-bond donors (Lipinski definition) is 2. The molecule has 0 fully saturated rings. The second-order valence-corrected chi connectivity index (χ2v) is 2.24. The van der Waals surface area contributed by atoms with Gasteiger partial charge in [-0.25, -0.2) is 4.79 Å². The molecule has 0 aliphatic carbocycles. The van der Waals surface area contributed by atoms with Gasteiger partial charge in [0.05, 0.1) is 0 Å². The Labute approximate surface area is 79.5 Å². The topological polar surface area (TPSA) is 138 Å². The van der Waals surface area contributed by atoms with E-state index in [2.05, 4.69) is 0 Å². The Morgan fingerprint density at radius 3 is 1.50 bits per heavy atom. The summed E-state index contributed by atoms with van der Waals surface area (Å²) in [6.45, 7) is 1.20. The molecule has 0 amide bonds. The molecule has 0 rings (SSSR count). The van der Waals surface area contributed by atoms with Crippen LogP contribution in [0.15, 0.2) is 0 Å². The Morgan fingerprint density at radius 1 is 1.42 bits per heavy atom. The summed E-state index contributed by atoms with van der Waals surface area (Å²) in [6.07, 6.45) is -1.23. The minimum atomic E-state index is -5.17. The van der Waals surface area contributed by atoms with Crippen molar-refractivity contribution in [1.82, 2.24) is 0 Å². The second kappa shape index (κ2) is 7.47. The number of carboxylic acid groups (broad SMARTS) is 1. The molecule has 9 heteroatoms. The maximum absolute atomic E-state index is 9.45. The van der Waals surface area contributed by atoms with Crippen molar-refractivity contribution in [3.8, 4) is 0 Å².